The number of nitrogens with zero attached hydrogens (tertiary/aromatic N) is 1. The number of hydrogen-bond donors (Lipinski definition) is 0. The minimum Gasteiger partial charge on any atom is -0.212 e. The van der Waals surface area contributed by atoms with Gasteiger partial charge >= 0.3 is 0 Å². The lowest BCUT2D eigenvalue weighted by atomic mass is 10.2. The first-order valence-electron chi connectivity index (χ1n) is 5.04. The van der Waals surface area contributed by atoms with Gasteiger partial charge in [0, 0.05) is 13.1 Å². The Morgan fingerprint density at radius 3 is 2.62 bits per heavy atom. The van der Waals surface area contributed by atoms with Crippen LogP contribution < -0.4 is 0 Å². The van der Waals surface area contributed by atoms with E-state index in [2.05, 4.69) is 6.92 Å². The van der Waals surface area contributed by atoms with Crippen LogP contribution in [0.5, 0.6) is 0 Å². The minimum absolute atomic E-state index is 0.330. The summed E-state index contributed by atoms with van der Waals surface area (Å²) >= 11 is 0. The van der Waals surface area contributed by atoms with Crippen LogP contribution in [-0.4, -0.2) is 31.6 Å². The molecule has 0 amide bonds. The van der Waals surface area contributed by atoms with Gasteiger partial charge in [-0.15, -0.1) is 0 Å². The number of hydrogen-bond acceptors (Lipinski definition) is 2. The van der Waals surface area contributed by atoms with Gasteiger partial charge in [-0.3, -0.25) is 0 Å². The van der Waals surface area contributed by atoms with Crippen molar-refractivity contribution in [3.8, 4) is 0 Å². The van der Waals surface area contributed by atoms with Crippen molar-refractivity contribution in [1.29, 1.82) is 0 Å². The molecule has 0 saturated carbocycles. The molecule has 1 atom stereocenters. The van der Waals surface area contributed by atoms with Gasteiger partial charge in [-0.1, -0.05) is 20.3 Å². The highest BCUT2D eigenvalue weighted by Gasteiger charge is 2.28. The fourth-order valence-corrected chi connectivity index (χ4v) is 3.38. The molecule has 1 unspecified atom stereocenters. The predicted molar refractivity (Wildman–Crippen MR) is 54.0 cm³/mol. The molecule has 1 saturated heterocycles. The Labute approximate surface area is 81.2 Å². The molecule has 0 radical (unpaired) electrons. The normalized spacial score (nSPS) is 25.2. The van der Waals surface area contributed by atoms with Gasteiger partial charge in [0.25, 0.3) is 0 Å². The summed E-state index contributed by atoms with van der Waals surface area (Å²) in [6.07, 6.45) is 2.75. The molecule has 1 rings (SSSR count). The lowest BCUT2D eigenvalue weighted by molar-refractivity contribution is 0.463. The first-order valence-corrected chi connectivity index (χ1v) is 6.65. The van der Waals surface area contributed by atoms with Crippen LogP contribution in [0.15, 0.2) is 0 Å². The van der Waals surface area contributed by atoms with E-state index in [0.29, 0.717) is 11.7 Å². The van der Waals surface area contributed by atoms with Gasteiger partial charge < -0.3 is 0 Å². The summed E-state index contributed by atoms with van der Waals surface area (Å²) in [5.41, 5.74) is 0. The molecule has 0 aliphatic carbocycles. The Kier molecular flexibility index (Phi) is 3.74. The van der Waals surface area contributed by atoms with Crippen molar-refractivity contribution in [3.05, 3.63) is 0 Å². The van der Waals surface area contributed by atoms with Crippen LogP contribution in [-0.2, 0) is 10.0 Å². The van der Waals surface area contributed by atoms with E-state index in [1.165, 1.54) is 0 Å². The topological polar surface area (TPSA) is 37.4 Å². The quantitative estimate of drug-likeness (QED) is 0.697. The summed E-state index contributed by atoms with van der Waals surface area (Å²) in [6, 6.07) is 0. The molecule has 3 nitrogen and oxygen atoms in total. The monoisotopic (exact) mass is 205 g/mol. The highest BCUT2D eigenvalue weighted by atomic mass is 32.2. The van der Waals surface area contributed by atoms with E-state index in [-0.39, 0.29) is 0 Å². The molecule has 1 aliphatic rings. The Bertz CT molecular complexity index is 248. The Morgan fingerprint density at radius 1 is 1.46 bits per heavy atom. The van der Waals surface area contributed by atoms with Crippen LogP contribution in [0.1, 0.15) is 33.1 Å². The Balaban J connectivity index is 2.50. The second-order valence-electron chi connectivity index (χ2n) is 3.92. The van der Waals surface area contributed by atoms with E-state index in [0.717, 1.165) is 32.4 Å². The molecule has 4 heteroatoms. The zero-order valence-corrected chi connectivity index (χ0v) is 9.31. The summed E-state index contributed by atoms with van der Waals surface area (Å²) in [5.74, 6) is 0.868. The molecule has 1 heterocycles. The van der Waals surface area contributed by atoms with Crippen molar-refractivity contribution in [2.45, 2.75) is 33.1 Å². The first-order chi connectivity index (χ1) is 6.06. The maximum atomic E-state index is 11.7. The zero-order valence-electron chi connectivity index (χ0n) is 8.49. The van der Waals surface area contributed by atoms with E-state index >= 15 is 0 Å². The van der Waals surface area contributed by atoms with Gasteiger partial charge in [-0.2, -0.15) is 0 Å². The minimum atomic E-state index is -2.92. The van der Waals surface area contributed by atoms with Gasteiger partial charge in [-0.25, -0.2) is 12.7 Å². The Morgan fingerprint density at radius 2 is 2.15 bits per heavy atom. The number of unbranched alkanes of at least 4 members (excludes halogenated alkanes) is 1. The van der Waals surface area contributed by atoms with Crippen LogP contribution in [0, 0.1) is 5.92 Å². The fourth-order valence-electron chi connectivity index (χ4n) is 1.60. The van der Waals surface area contributed by atoms with Gasteiger partial charge in [0.15, 0.2) is 0 Å². The third-order valence-corrected chi connectivity index (χ3v) is 4.46. The van der Waals surface area contributed by atoms with Gasteiger partial charge in [0.2, 0.25) is 10.0 Å². The average molecular weight is 205 g/mol. The molecule has 1 aliphatic heterocycles. The van der Waals surface area contributed by atoms with Crippen LogP contribution in [0.4, 0.5) is 0 Å². The highest BCUT2D eigenvalue weighted by Crippen LogP contribution is 2.19. The third-order valence-electron chi connectivity index (χ3n) is 2.54. The van der Waals surface area contributed by atoms with E-state index < -0.39 is 10.0 Å². The molecule has 13 heavy (non-hydrogen) atoms. The van der Waals surface area contributed by atoms with Crippen LogP contribution in [0.25, 0.3) is 0 Å². The maximum absolute atomic E-state index is 11.7. The van der Waals surface area contributed by atoms with Crippen molar-refractivity contribution in [3.63, 3.8) is 0 Å². The molecule has 0 bridgehead atoms. The van der Waals surface area contributed by atoms with Crippen molar-refractivity contribution in [2.24, 2.45) is 5.92 Å². The maximum Gasteiger partial charge on any atom is 0.214 e. The second kappa shape index (κ2) is 4.42. The third kappa shape index (κ3) is 2.95. The lowest BCUT2D eigenvalue weighted by Crippen LogP contribution is -2.30. The molecule has 0 aromatic heterocycles. The van der Waals surface area contributed by atoms with Crippen LogP contribution in [0.2, 0.25) is 0 Å². The molecular formula is C9H19NO2S. The summed E-state index contributed by atoms with van der Waals surface area (Å²) in [4.78, 5) is 0. The molecule has 0 N–H and O–H groups in total. The number of sulfonamides is 1. The number of rotatable bonds is 4. The van der Waals surface area contributed by atoms with E-state index in [4.69, 9.17) is 0 Å². The van der Waals surface area contributed by atoms with Gasteiger partial charge in [0.1, 0.15) is 0 Å². The van der Waals surface area contributed by atoms with E-state index in [9.17, 15) is 8.42 Å². The Hall–Kier alpha value is -0.0900. The average Bonchev–Trinajstić information content (AvgIpc) is 2.49. The predicted octanol–water partition coefficient (Wildman–Crippen LogP) is 1.46. The van der Waals surface area contributed by atoms with E-state index in [1.807, 2.05) is 6.92 Å². The van der Waals surface area contributed by atoms with Crippen molar-refractivity contribution in [1.82, 2.24) is 4.31 Å². The van der Waals surface area contributed by atoms with Crippen molar-refractivity contribution < 1.29 is 8.42 Å². The zero-order chi connectivity index (χ0) is 9.90. The van der Waals surface area contributed by atoms with E-state index in [1.54, 1.807) is 4.31 Å². The van der Waals surface area contributed by atoms with Gasteiger partial charge in [0.05, 0.1) is 5.75 Å². The highest BCUT2D eigenvalue weighted by molar-refractivity contribution is 7.89. The first kappa shape index (κ1) is 11.0. The summed E-state index contributed by atoms with van der Waals surface area (Å²) in [7, 11) is -2.92. The molecule has 0 spiro atoms. The second-order valence-corrected chi connectivity index (χ2v) is 6.01. The molecular weight excluding hydrogens is 186 g/mol. The molecule has 78 valence electrons. The summed E-state index contributed by atoms with van der Waals surface area (Å²) in [6.45, 7) is 5.58. The molecule has 1 fully saturated rings. The summed E-state index contributed by atoms with van der Waals surface area (Å²) in [5, 5.41) is 0. The van der Waals surface area contributed by atoms with Crippen LogP contribution in [0.3, 0.4) is 0 Å². The largest absolute Gasteiger partial charge is 0.214 e. The summed E-state index contributed by atoms with van der Waals surface area (Å²) < 4.78 is 25.0. The molecule has 0 aromatic carbocycles. The van der Waals surface area contributed by atoms with Gasteiger partial charge in [-0.05, 0) is 18.8 Å². The van der Waals surface area contributed by atoms with Crippen molar-refractivity contribution >= 4 is 10.0 Å². The fraction of sp³-hybridized carbons (Fsp3) is 1.00. The van der Waals surface area contributed by atoms with Crippen LogP contribution >= 0.6 is 0 Å². The smallest absolute Gasteiger partial charge is 0.212 e. The van der Waals surface area contributed by atoms with Crippen molar-refractivity contribution in [2.75, 3.05) is 18.8 Å². The standard InChI is InChI=1S/C9H19NO2S/c1-3-4-7-13(11,12)10-6-5-9(2)8-10/h9H,3-8H2,1-2H3. The lowest BCUT2D eigenvalue weighted by Gasteiger charge is -2.15. The molecule has 0 aromatic rings. The SMILES string of the molecule is CCCCS(=O)(=O)N1CCC(C)C1.